The van der Waals surface area contributed by atoms with Crippen molar-refractivity contribution in [2.45, 2.75) is 58.3 Å². The van der Waals surface area contributed by atoms with Crippen molar-refractivity contribution in [1.82, 2.24) is 10.6 Å². The maximum Gasteiger partial charge on any atom is 0.314 e. The molecule has 0 heterocycles. The predicted molar refractivity (Wildman–Crippen MR) is 76.5 cm³/mol. The molecule has 2 saturated carbocycles. The van der Waals surface area contributed by atoms with Crippen LogP contribution >= 0.6 is 0 Å². The van der Waals surface area contributed by atoms with Crippen molar-refractivity contribution in [3.8, 4) is 0 Å². The summed E-state index contributed by atoms with van der Waals surface area (Å²) in [5.41, 5.74) is -0.499. The highest BCUT2D eigenvalue weighted by Crippen LogP contribution is 2.44. The minimum atomic E-state index is -0.770. The molecule has 0 spiro atoms. The predicted octanol–water partition coefficient (Wildman–Crippen LogP) is 2.51. The standard InChI is InChI=1S/C15H26N2O3/c1-14(8-9-14)10-16-13(20)17-11-15(12(18)19)6-4-2-3-5-7-15/h2-11H2,1H3,(H,18,19)(H2,16,17,20). The van der Waals surface area contributed by atoms with Gasteiger partial charge in [0.25, 0.3) is 0 Å². The molecule has 2 aliphatic rings. The lowest BCUT2D eigenvalue weighted by Gasteiger charge is -2.28. The normalized spacial score (nSPS) is 23.4. The van der Waals surface area contributed by atoms with Crippen LogP contribution in [0.3, 0.4) is 0 Å². The third kappa shape index (κ3) is 3.87. The van der Waals surface area contributed by atoms with E-state index in [1.165, 1.54) is 0 Å². The maximum atomic E-state index is 11.8. The van der Waals surface area contributed by atoms with E-state index in [2.05, 4.69) is 17.6 Å². The number of carbonyl (C=O) groups excluding carboxylic acids is 1. The van der Waals surface area contributed by atoms with Crippen LogP contribution in [0, 0.1) is 10.8 Å². The van der Waals surface area contributed by atoms with Crippen LogP contribution in [0.4, 0.5) is 4.79 Å². The molecule has 3 N–H and O–H groups in total. The lowest BCUT2D eigenvalue weighted by Crippen LogP contribution is -2.47. The fourth-order valence-corrected chi connectivity index (χ4v) is 2.87. The van der Waals surface area contributed by atoms with Gasteiger partial charge in [-0.25, -0.2) is 4.79 Å². The zero-order chi connectivity index (χ0) is 14.6. The van der Waals surface area contributed by atoms with Crippen LogP contribution in [0.15, 0.2) is 0 Å². The molecule has 0 unspecified atom stereocenters. The van der Waals surface area contributed by atoms with E-state index in [-0.39, 0.29) is 18.0 Å². The molecular weight excluding hydrogens is 256 g/mol. The zero-order valence-electron chi connectivity index (χ0n) is 12.3. The molecule has 0 bridgehead atoms. The van der Waals surface area contributed by atoms with Crippen molar-refractivity contribution < 1.29 is 14.7 Å². The highest BCUT2D eigenvalue weighted by Gasteiger charge is 2.40. The molecule has 0 atom stereocenters. The number of carbonyl (C=O) groups is 2. The minimum Gasteiger partial charge on any atom is -0.481 e. The summed E-state index contributed by atoms with van der Waals surface area (Å²) in [5, 5.41) is 15.1. The monoisotopic (exact) mass is 282 g/mol. The summed E-state index contributed by atoms with van der Waals surface area (Å²) in [6, 6.07) is -0.233. The summed E-state index contributed by atoms with van der Waals surface area (Å²) < 4.78 is 0. The maximum absolute atomic E-state index is 11.8. The molecule has 2 amide bonds. The number of urea groups is 1. The van der Waals surface area contributed by atoms with E-state index in [0.29, 0.717) is 19.4 Å². The molecule has 0 aromatic rings. The van der Waals surface area contributed by atoms with Gasteiger partial charge < -0.3 is 15.7 Å². The smallest absolute Gasteiger partial charge is 0.314 e. The molecule has 0 saturated heterocycles. The second-order valence-corrected chi connectivity index (χ2v) is 6.85. The fraction of sp³-hybridized carbons (Fsp3) is 0.867. The largest absolute Gasteiger partial charge is 0.481 e. The Bertz CT molecular complexity index is 369. The Hall–Kier alpha value is -1.26. The van der Waals surface area contributed by atoms with Crippen LogP contribution in [0.1, 0.15) is 58.3 Å². The van der Waals surface area contributed by atoms with Crippen LogP contribution < -0.4 is 10.6 Å². The minimum absolute atomic E-state index is 0.233. The first-order valence-electron chi connectivity index (χ1n) is 7.71. The molecule has 2 fully saturated rings. The Morgan fingerprint density at radius 2 is 1.50 bits per heavy atom. The molecule has 2 rings (SSSR count). The Morgan fingerprint density at radius 3 is 2.00 bits per heavy atom. The molecule has 0 radical (unpaired) electrons. The quantitative estimate of drug-likeness (QED) is 0.678. The fourth-order valence-electron chi connectivity index (χ4n) is 2.87. The van der Waals surface area contributed by atoms with E-state index in [0.717, 1.165) is 38.5 Å². The highest BCUT2D eigenvalue weighted by atomic mass is 16.4. The van der Waals surface area contributed by atoms with Gasteiger partial charge in [0.2, 0.25) is 0 Å². The van der Waals surface area contributed by atoms with Crippen molar-refractivity contribution in [2.24, 2.45) is 10.8 Å². The molecular formula is C15H26N2O3. The van der Waals surface area contributed by atoms with Crippen LogP contribution in [0.5, 0.6) is 0 Å². The first-order chi connectivity index (χ1) is 9.46. The number of carboxylic acids is 1. The average Bonchev–Trinajstić information content (AvgIpc) is 3.18. The van der Waals surface area contributed by atoms with E-state index < -0.39 is 11.4 Å². The molecule has 20 heavy (non-hydrogen) atoms. The van der Waals surface area contributed by atoms with E-state index >= 15 is 0 Å². The van der Waals surface area contributed by atoms with E-state index in [1.807, 2.05) is 0 Å². The molecule has 2 aliphatic carbocycles. The zero-order valence-corrected chi connectivity index (χ0v) is 12.3. The SMILES string of the molecule is CC1(CNC(=O)NCC2(C(=O)O)CCCCCC2)CC1. The van der Waals surface area contributed by atoms with Gasteiger partial charge in [-0.2, -0.15) is 0 Å². The second kappa shape index (κ2) is 6.02. The summed E-state index contributed by atoms with van der Waals surface area (Å²) in [6.45, 7) is 3.07. The molecule has 0 aromatic carbocycles. The molecule has 0 aromatic heterocycles. The molecule has 114 valence electrons. The van der Waals surface area contributed by atoms with E-state index in [4.69, 9.17) is 0 Å². The van der Waals surface area contributed by atoms with Crippen LogP contribution in [0.25, 0.3) is 0 Å². The van der Waals surface area contributed by atoms with Gasteiger partial charge in [0, 0.05) is 13.1 Å². The first-order valence-corrected chi connectivity index (χ1v) is 7.71. The number of amides is 2. The van der Waals surface area contributed by atoms with Crippen molar-refractivity contribution in [3.63, 3.8) is 0 Å². The number of hydrogen-bond donors (Lipinski definition) is 3. The lowest BCUT2D eigenvalue weighted by molar-refractivity contribution is -0.149. The molecule has 5 heteroatoms. The van der Waals surface area contributed by atoms with Crippen LogP contribution in [-0.4, -0.2) is 30.2 Å². The summed E-state index contributed by atoms with van der Waals surface area (Å²) in [6.07, 6.45) is 7.72. The third-order valence-corrected chi connectivity index (χ3v) is 4.88. The van der Waals surface area contributed by atoms with Crippen molar-refractivity contribution in [2.75, 3.05) is 13.1 Å². The summed E-state index contributed by atoms with van der Waals surface area (Å²) in [4.78, 5) is 23.4. The van der Waals surface area contributed by atoms with Gasteiger partial charge in [-0.05, 0) is 31.1 Å². The number of rotatable bonds is 5. The average molecular weight is 282 g/mol. The number of carboxylic acid groups (broad SMARTS) is 1. The Labute approximate surface area is 120 Å². The topological polar surface area (TPSA) is 78.4 Å². The van der Waals surface area contributed by atoms with E-state index in [1.54, 1.807) is 0 Å². The van der Waals surface area contributed by atoms with Gasteiger partial charge in [0.15, 0.2) is 0 Å². The van der Waals surface area contributed by atoms with Crippen LogP contribution in [0.2, 0.25) is 0 Å². The second-order valence-electron chi connectivity index (χ2n) is 6.85. The van der Waals surface area contributed by atoms with Crippen molar-refractivity contribution in [3.05, 3.63) is 0 Å². The van der Waals surface area contributed by atoms with Crippen LogP contribution in [-0.2, 0) is 4.79 Å². The highest BCUT2D eigenvalue weighted by molar-refractivity contribution is 5.78. The third-order valence-electron chi connectivity index (χ3n) is 4.88. The Balaban J connectivity index is 1.81. The van der Waals surface area contributed by atoms with Gasteiger partial charge in [-0.1, -0.05) is 32.6 Å². The molecule has 5 nitrogen and oxygen atoms in total. The van der Waals surface area contributed by atoms with Gasteiger partial charge in [-0.3, -0.25) is 4.79 Å². The number of nitrogens with one attached hydrogen (secondary N) is 2. The van der Waals surface area contributed by atoms with Gasteiger partial charge in [0.05, 0.1) is 5.41 Å². The lowest BCUT2D eigenvalue weighted by atomic mass is 9.80. The summed E-state index contributed by atoms with van der Waals surface area (Å²) >= 11 is 0. The van der Waals surface area contributed by atoms with Crippen molar-refractivity contribution in [1.29, 1.82) is 0 Å². The van der Waals surface area contributed by atoms with Crippen molar-refractivity contribution >= 4 is 12.0 Å². The Kier molecular flexibility index (Phi) is 4.55. The summed E-state index contributed by atoms with van der Waals surface area (Å²) in [7, 11) is 0. The number of aliphatic carboxylic acids is 1. The summed E-state index contributed by atoms with van der Waals surface area (Å²) in [5.74, 6) is -0.770. The van der Waals surface area contributed by atoms with Gasteiger partial charge >= 0.3 is 12.0 Å². The first kappa shape index (κ1) is 15.1. The van der Waals surface area contributed by atoms with E-state index in [9.17, 15) is 14.7 Å². The molecule has 0 aliphatic heterocycles. The van der Waals surface area contributed by atoms with Gasteiger partial charge in [0.1, 0.15) is 0 Å². The Morgan fingerprint density at radius 1 is 0.950 bits per heavy atom. The number of hydrogen-bond acceptors (Lipinski definition) is 2. The van der Waals surface area contributed by atoms with Gasteiger partial charge in [-0.15, -0.1) is 0 Å².